The summed E-state index contributed by atoms with van der Waals surface area (Å²) in [5.41, 5.74) is 0. The van der Waals surface area contributed by atoms with Crippen LogP contribution in [0.15, 0.2) is 30.3 Å². The molecular formula is C13H18N2O2. The molecule has 1 N–H and O–H groups in total. The highest BCUT2D eigenvalue weighted by Gasteiger charge is 1.97. The monoisotopic (exact) mass is 234 g/mol. The van der Waals surface area contributed by atoms with E-state index in [0.717, 1.165) is 18.8 Å². The summed E-state index contributed by atoms with van der Waals surface area (Å²) in [6, 6.07) is 11.7. The molecule has 0 amide bonds. The second-order valence-electron chi connectivity index (χ2n) is 3.55. The van der Waals surface area contributed by atoms with E-state index in [4.69, 9.17) is 14.7 Å². The van der Waals surface area contributed by atoms with Gasteiger partial charge < -0.3 is 14.8 Å². The number of para-hydroxylation sites is 1. The molecule has 1 aromatic rings. The van der Waals surface area contributed by atoms with Crippen LogP contribution < -0.4 is 10.1 Å². The maximum absolute atomic E-state index is 8.49. The van der Waals surface area contributed by atoms with Crippen LogP contribution in [0.5, 0.6) is 5.75 Å². The maximum Gasteiger partial charge on any atom is 0.141 e. The molecular weight excluding hydrogens is 216 g/mol. The van der Waals surface area contributed by atoms with Gasteiger partial charge in [0.15, 0.2) is 0 Å². The average Bonchev–Trinajstić information content (AvgIpc) is 2.38. The third-order valence-corrected chi connectivity index (χ3v) is 2.12. The summed E-state index contributed by atoms with van der Waals surface area (Å²) in [4.78, 5) is 0. The Hall–Kier alpha value is -1.57. The minimum atomic E-state index is -0.336. The third-order valence-electron chi connectivity index (χ3n) is 2.12. The Morgan fingerprint density at radius 1 is 1.24 bits per heavy atom. The van der Waals surface area contributed by atoms with E-state index in [1.54, 1.807) is 6.92 Å². The average molecular weight is 234 g/mol. The summed E-state index contributed by atoms with van der Waals surface area (Å²) in [7, 11) is 0. The van der Waals surface area contributed by atoms with Crippen LogP contribution in [0.25, 0.3) is 0 Å². The number of nitrogens with one attached hydrogen (secondary N) is 1. The first-order valence-corrected chi connectivity index (χ1v) is 5.72. The lowest BCUT2D eigenvalue weighted by Gasteiger charge is -2.08. The van der Waals surface area contributed by atoms with Gasteiger partial charge in [-0.05, 0) is 19.1 Å². The summed E-state index contributed by atoms with van der Waals surface area (Å²) < 4.78 is 10.7. The SMILES string of the molecule is CC(C#N)OCCNCCOc1ccccc1. The van der Waals surface area contributed by atoms with E-state index in [0.29, 0.717) is 13.2 Å². The van der Waals surface area contributed by atoms with Gasteiger partial charge in [-0.2, -0.15) is 5.26 Å². The molecule has 0 bridgehead atoms. The number of hydrogen-bond acceptors (Lipinski definition) is 4. The first-order valence-electron chi connectivity index (χ1n) is 5.72. The second kappa shape index (κ2) is 8.57. The van der Waals surface area contributed by atoms with Gasteiger partial charge in [0.05, 0.1) is 12.7 Å². The Bertz CT molecular complexity index is 335. The molecule has 0 saturated heterocycles. The minimum Gasteiger partial charge on any atom is -0.492 e. The van der Waals surface area contributed by atoms with Crippen molar-refractivity contribution in [1.29, 1.82) is 5.26 Å². The predicted molar refractivity (Wildman–Crippen MR) is 65.8 cm³/mol. The van der Waals surface area contributed by atoms with Crippen molar-refractivity contribution < 1.29 is 9.47 Å². The van der Waals surface area contributed by atoms with Crippen LogP contribution >= 0.6 is 0 Å². The Balaban J connectivity index is 1.93. The van der Waals surface area contributed by atoms with Gasteiger partial charge in [0, 0.05) is 13.1 Å². The normalized spacial score (nSPS) is 11.8. The summed E-state index contributed by atoms with van der Waals surface area (Å²) in [5, 5.41) is 11.7. The molecule has 0 aromatic heterocycles. The first-order chi connectivity index (χ1) is 8.33. The van der Waals surface area contributed by atoms with Crippen molar-refractivity contribution in [2.75, 3.05) is 26.3 Å². The van der Waals surface area contributed by atoms with Gasteiger partial charge in [0.25, 0.3) is 0 Å². The molecule has 92 valence electrons. The highest BCUT2D eigenvalue weighted by Crippen LogP contribution is 2.07. The lowest BCUT2D eigenvalue weighted by atomic mass is 10.3. The molecule has 1 unspecified atom stereocenters. The fraction of sp³-hybridized carbons (Fsp3) is 0.462. The van der Waals surface area contributed by atoms with Gasteiger partial charge in [-0.15, -0.1) is 0 Å². The molecule has 0 fully saturated rings. The van der Waals surface area contributed by atoms with E-state index in [1.807, 2.05) is 36.4 Å². The van der Waals surface area contributed by atoms with Crippen molar-refractivity contribution in [1.82, 2.24) is 5.32 Å². The Morgan fingerprint density at radius 3 is 2.65 bits per heavy atom. The Kier molecular flexibility index (Phi) is 6.80. The van der Waals surface area contributed by atoms with Gasteiger partial charge in [-0.1, -0.05) is 18.2 Å². The van der Waals surface area contributed by atoms with Crippen LogP contribution in [0.4, 0.5) is 0 Å². The molecule has 1 rings (SSSR count). The fourth-order valence-electron chi connectivity index (χ4n) is 1.23. The standard InChI is InChI=1S/C13H18N2O2/c1-12(11-14)16-9-7-15-8-10-17-13-5-3-2-4-6-13/h2-6,12,15H,7-10H2,1H3. The first kappa shape index (κ1) is 13.5. The zero-order chi connectivity index (χ0) is 12.3. The number of nitrogens with zero attached hydrogens (tertiary/aromatic N) is 1. The summed E-state index contributed by atoms with van der Waals surface area (Å²) in [6.45, 7) is 4.39. The highest BCUT2D eigenvalue weighted by atomic mass is 16.5. The van der Waals surface area contributed by atoms with Gasteiger partial charge in [0.1, 0.15) is 18.5 Å². The van der Waals surface area contributed by atoms with Crippen molar-refractivity contribution in [3.05, 3.63) is 30.3 Å². The molecule has 1 aromatic carbocycles. The van der Waals surface area contributed by atoms with E-state index in [1.165, 1.54) is 0 Å². The van der Waals surface area contributed by atoms with Crippen LogP contribution in [-0.2, 0) is 4.74 Å². The molecule has 0 heterocycles. The number of hydrogen-bond donors (Lipinski definition) is 1. The smallest absolute Gasteiger partial charge is 0.141 e. The van der Waals surface area contributed by atoms with Gasteiger partial charge in [0.2, 0.25) is 0 Å². The summed E-state index contributed by atoms with van der Waals surface area (Å²) >= 11 is 0. The van der Waals surface area contributed by atoms with E-state index < -0.39 is 0 Å². The zero-order valence-corrected chi connectivity index (χ0v) is 10.1. The number of nitriles is 1. The molecule has 0 aliphatic rings. The van der Waals surface area contributed by atoms with Crippen LogP contribution in [0.2, 0.25) is 0 Å². The van der Waals surface area contributed by atoms with Crippen LogP contribution in [0, 0.1) is 11.3 Å². The second-order valence-corrected chi connectivity index (χ2v) is 3.55. The molecule has 1 atom stereocenters. The molecule has 4 nitrogen and oxygen atoms in total. The van der Waals surface area contributed by atoms with E-state index in [2.05, 4.69) is 5.32 Å². The lowest BCUT2D eigenvalue weighted by molar-refractivity contribution is 0.103. The lowest BCUT2D eigenvalue weighted by Crippen LogP contribution is -2.26. The molecule has 0 aliphatic heterocycles. The fourth-order valence-corrected chi connectivity index (χ4v) is 1.23. The molecule has 4 heteroatoms. The Morgan fingerprint density at radius 2 is 1.94 bits per heavy atom. The molecule has 17 heavy (non-hydrogen) atoms. The van der Waals surface area contributed by atoms with Crippen molar-refractivity contribution in [2.45, 2.75) is 13.0 Å². The number of benzene rings is 1. The van der Waals surface area contributed by atoms with Crippen LogP contribution in [0.3, 0.4) is 0 Å². The molecule has 0 aliphatic carbocycles. The molecule has 0 saturated carbocycles. The topological polar surface area (TPSA) is 54.3 Å². The number of ether oxygens (including phenoxy) is 2. The van der Waals surface area contributed by atoms with Crippen molar-refractivity contribution in [3.8, 4) is 11.8 Å². The Labute approximate surface area is 102 Å². The maximum atomic E-state index is 8.49. The quantitative estimate of drug-likeness (QED) is 0.694. The van der Waals surface area contributed by atoms with Crippen LogP contribution in [0.1, 0.15) is 6.92 Å². The van der Waals surface area contributed by atoms with Crippen LogP contribution in [-0.4, -0.2) is 32.4 Å². The highest BCUT2D eigenvalue weighted by molar-refractivity contribution is 5.20. The minimum absolute atomic E-state index is 0.336. The van der Waals surface area contributed by atoms with Crippen molar-refractivity contribution in [3.63, 3.8) is 0 Å². The van der Waals surface area contributed by atoms with Crippen molar-refractivity contribution >= 4 is 0 Å². The largest absolute Gasteiger partial charge is 0.492 e. The van der Waals surface area contributed by atoms with E-state index >= 15 is 0 Å². The van der Waals surface area contributed by atoms with E-state index in [-0.39, 0.29) is 6.10 Å². The van der Waals surface area contributed by atoms with Gasteiger partial charge >= 0.3 is 0 Å². The van der Waals surface area contributed by atoms with Gasteiger partial charge in [-0.25, -0.2) is 0 Å². The molecule has 0 radical (unpaired) electrons. The van der Waals surface area contributed by atoms with E-state index in [9.17, 15) is 0 Å². The summed E-state index contributed by atoms with van der Waals surface area (Å²) in [5.74, 6) is 0.878. The third kappa shape index (κ3) is 6.56. The summed E-state index contributed by atoms with van der Waals surface area (Å²) in [6.07, 6.45) is -0.336. The molecule has 0 spiro atoms. The van der Waals surface area contributed by atoms with Gasteiger partial charge in [-0.3, -0.25) is 0 Å². The van der Waals surface area contributed by atoms with Crippen molar-refractivity contribution in [2.24, 2.45) is 0 Å². The predicted octanol–water partition coefficient (Wildman–Crippen LogP) is 1.58. The number of rotatable bonds is 8. The zero-order valence-electron chi connectivity index (χ0n) is 10.1.